The highest BCUT2D eigenvalue weighted by molar-refractivity contribution is 7.98. The summed E-state index contributed by atoms with van der Waals surface area (Å²) in [7, 11) is 2.23. The van der Waals surface area contributed by atoms with Gasteiger partial charge < -0.3 is 15.5 Å². The maximum absolute atomic E-state index is 5.90. The SMILES string of the molecule is CSCC(C)N(C)CCN1CCC(N)CC1. The van der Waals surface area contributed by atoms with Gasteiger partial charge in [-0.1, -0.05) is 0 Å². The summed E-state index contributed by atoms with van der Waals surface area (Å²) in [4.78, 5) is 5.01. The molecule has 1 aliphatic heterocycles. The molecule has 1 atom stereocenters. The summed E-state index contributed by atoms with van der Waals surface area (Å²) in [6.07, 6.45) is 4.52. The van der Waals surface area contributed by atoms with Gasteiger partial charge in [-0.25, -0.2) is 0 Å². The maximum Gasteiger partial charge on any atom is 0.0155 e. The van der Waals surface area contributed by atoms with Crippen LogP contribution in [0.4, 0.5) is 0 Å². The third kappa shape index (κ3) is 5.04. The number of thioether (sulfide) groups is 1. The molecule has 1 fully saturated rings. The Kier molecular flexibility index (Phi) is 6.73. The van der Waals surface area contributed by atoms with E-state index in [2.05, 4.69) is 30.0 Å². The van der Waals surface area contributed by atoms with Crippen LogP contribution in [0.25, 0.3) is 0 Å². The standard InChI is InChI=1S/C12H27N3S/c1-11(10-16-3)14(2)8-9-15-6-4-12(13)5-7-15/h11-12H,4-10,13H2,1-3H3. The molecule has 1 unspecified atom stereocenters. The van der Waals surface area contributed by atoms with Crippen LogP contribution in [-0.2, 0) is 0 Å². The molecule has 0 radical (unpaired) electrons. The minimum atomic E-state index is 0.449. The van der Waals surface area contributed by atoms with Crippen molar-refractivity contribution in [3.05, 3.63) is 0 Å². The lowest BCUT2D eigenvalue weighted by molar-refractivity contribution is 0.174. The predicted molar refractivity (Wildman–Crippen MR) is 74.1 cm³/mol. The molecule has 0 saturated carbocycles. The van der Waals surface area contributed by atoms with E-state index in [1.54, 1.807) is 0 Å². The molecule has 2 N–H and O–H groups in total. The molecule has 0 amide bonds. The van der Waals surface area contributed by atoms with Crippen LogP contribution < -0.4 is 5.73 Å². The number of likely N-dealkylation sites (tertiary alicyclic amines) is 1. The van der Waals surface area contributed by atoms with Crippen molar-refractivity contribution in [1.29, 1.82) is 0 Å². The van der Waals surface area contributed by atoms with Crippen LogP contribution >= 0.6 is 11.8 Å². The molecule has 0 spiro atoms. The molecule has 3 nitrogen and oxygen atoms in total. The number of likely N-dealkylation sites (N-methyl/N-ethyl adjacent to an activating group) is 1. The molecule has 16 heavy (non-hydrogen) atoms. The Hall–Kier alpha value is 0.230. The van der Waals surface area contributed by atoms with Crippen molar-refractivity contribution in [3.63, 3.8) is 0 Å². The molecule has 0 bridgehead atoms. The van der Waals surface area contributed by atoms with Crippen LogP contribution in [0, 0.1) is 0 Å². The second kappa shape index (κ2) is 7.54. The molecule has 4 heteroatoms. The summed E-state index contributed by atoms with van der Waals surface area (Å²) in [5.41, 5.74) is 5.90. The van der Waals surface area contributed by atoms with E-state index in [-0.39, 0.29) is 0 Å². The predicted octanol–water partition coefficient (Wildman–Crippen LogP) is 1.09. The monoisotopic (exact) mass is 245 g/mol. The topological polar surface area (TPSA) is 32.5 Å². The largest absolute Gasteiger partial charge is 0.328 e. The van der Waals surface area contributed by atoms with Crippen LogP contribution in [0.2, 0.25) is 0 Å². The molecule has 1 rings (SSSR count). The Morgan fingerprint density at radius 1 is 1.44 bits per heavy atom. The zero-order valence-corrected chi connectivity index (χ0v) is 11.8. The highest BCUT2D eigenvalue weighted by Crippen LogP contribution is 2.09. The second-order valence-corrected chi connectivity index (χ2v) is 5.87. The van der Waals surface area contributed by atoms with Crippen molar-refractivity contribution in [1.82, 2.24) is 9.80 Å². The van der Waals surface area contributed by atoms with Gasteiger partial charge in [0, 0.05) is 30.9 Å². The molecule has 0 aromatic carbocycles. The number of hydrogen-bond acceptors (Lipinski definition) is 4. The van der Waals surface area contributed by atoms with Gasteiger partial charge in [-0.2, -0.15) is 11.8 Å². The number of hydrogen-bond donors (Lipinski definition) is 1. The van der Waals surface area contributed by atoms with E-state index in [4.69, 9.17) is 5.73 Å². The quantitative estimate of drug-likeness (QED) is 0.759. The fourth-order valence-electron chi connectivity index (χ4n) is 2.06. The number of piperidine rings is 1. The Labute approximate surface area is 105 Å². The van der Waals surface area contributed by atoms with Crippen molar-refractivity contribution in [2.24, 2.45) is 5.73 Å². The van der Waals surface area contributed by atoms with Gasteiger partial charge in [0.25, 0.3) is 0 Å². The zero-order chi connectivity index (χ0) is 12.0. The molecule has 0 aromatic heterocycles. The number of nitrogens with two attached hydrogens (primary N) is 1. The fourth-order valence-corrected chi connectivity index (χ4v) is 2.80. The van der Waals surface area contributed by atoms with Gasteiger partial charge in [-0.3, -0.25) is 0 Å². The summed E-state index contributed by atoms with van der Waals surface area (Å²) in [5, 5.41) is 0. The van der Waals surface area contributed by atoms with Gasteiger partial charge in [0.05, 0.1) is 0 Å². The summed E-state index contributed by atoms with van der Waals surface area (Å²) in [6, 6.07) is 1.13. The lowest BCUT2D eigenvalue weighted by atomic mass is 10.1. The highest BCUT2D eigenvalue weighted by atomic mass is 32.2. The fraction of sp³-hybridized carbons (Fsp3) is 1.00. The van der Waals surface area contributed by atoms with E-state index in [1.807, 2.05) is 11.8 Å². The first-order chi connectivity index (χ1) is 7.63. The Bertz CT molecular complexity index is 179. The van der Waals surface area contributed by atoms with Crippen molar-refractivity contribution >= 4 is 11.8 Å². The summed E-state index contributed by atoms with van der Waals surface area (Å²) >= 11 is 1.93. The molecule has 0 aliphatic carbocycles. The normalized spacial score (nSPS) is 21.6. The van der Waals surface area contributed by atoms with E-state index in [9.17, 15) is 0 Å². The van der Waals surface area contributed by atoms with Crippen LogP contribution in [0.3, 0.4) is 0 Å². The van der Waals surface area contributed by atoms with Crippen molar-refractivity contribution < 1.29 is 0 Å². The average molecular weight is 245 g/mol. The highest BCUT2D eigenvalue weighted by Gasteiger charge is 2.16. The third-order valence-corrected chi connectivity index (χ3v) is 4.38. The van der Waals surface area contributed by atoms with E-state index >= 15 is 0 Å². The molecule has 1 saturated heterocycles. The van der Waals surface area contributed by atoms with E-state index in [0.717, 1.165) is 0 Å². The van der Waals surface area contributed by atoms with Crippen LogP contribution in [0.1, 0.15) is 19.8 Å². The zero-order valence-electron chi connectivity index (χ0n) is 11.0. The Morgan fingerprint density at radius 2 is 2.06 bits per heavy atom. The van der Waals surface area contributed by atoms with E-state index in [1.165, 1.54) is 44.8 Å². The van der Waals surface area contributed by atoms with Gasteiger partial charge in [0.1, 0.15) is 0 Å². The maximum atomic E-state index is 5.90. The average Bonchev–Trinajstić information content (AvgIpc) is 2.28. The lowest BCUT2D eigenvalue weighted by Crippen LogP contribution is -2.44. The van der Waals surface area contributed by atoms with Crippen LogP contribution in [0.5, 0.6) is 0 Å². The van der Waals surface area contributed by atoms with Gasteiger partial charge in [-0.15, -0.1) is 0 Å². The molecular weight excluding hydrogens is 218 g/mol. The van der Waals surface area contributed by atoms with Crippen molar-refractivity contribution in [3.8, 4) is 0 Å². The first kappa shape index (κ1) is 14.3. The Balaban J connectivity index is 2.13. The molecule has 0 aromatic rings. The van der Waals surface area contributed by atoms with Crippen molar-refractivity contribution in [2.75, 3.05) is 45.2 Å². The van der Waals surface area contributed by atoms with Gasteiger partial charge in [-0.05, 0) is 46.2 Å². The number of nitrogens with zero attached hydrogens (tertiary/aromatic N) is 2. The van der Waals surface area contributed by atoms with Gasteiger partial charge >= 0.3 is 0 Å². The number of rotatable bonds is 6. The lowest BCUT2D eigenvalue weighted by Gasteiger charge is -2.32. The molecular formula is C12H27N3S. The van der Waals surface area contributed by atoms with E-state index < -0.39 is 0 Å². The summed E-state index contributed by atoms with van der Waals surface area (Å²) in [5.74, 6) is 1.22. The van der Waals surface area contributed by atoms with Crippen LogP contribution in [0.15, 0.2) is 0 Å². The van der Waals surface area contributed by atoms with E-state index in [0.29, 0.717) is 12.1 Å². The Morgan fingerprint density at radius 3 is 2.62 bits per heavy atom. The van der Waals surface area contributed by atoms with Gasteiger partial charge in [0.2, 0.25) is 0 Å². The third-order valence-electron chi connectivity index (χ3n) is 3.56. The van der Waals surface area contributed by atoms with Gasteiger partial charge in [0.15, 0.2) is 0 Å². The molecule has 1 aliphatic rings. The smallest absolute Gasteiger partial charge is 0.0155 e. The minimum absolute atomic E-state index is 0.449. The van der Waals surface area contributed by atoms with Crippen LogP contribution in [-0.4, -0.2) is 67.1 Å². The molecule has 96 valence electrons. The van der Waals surface area contributed by atoms with Crippen molar-refractivity contribution in [2.45, 2.75) is 31.8 Å². The first-order valence-corrected chi connectivity index (χ1v) is 7.70. The molecule has 1 heterocycles. The minimum Gasteiger partial charge on any atom is -0.328 e. The first-order valence-electron chi connectivity index (χ1n) is 6.30. The second-order valence-electron chi connectivity index (χ2n) is 4.96. The summed E-state index contributed by atoms with van der Waals surface area (Å²) in [6.45, 7) is 7.05. The summed E-state index contributed by atoms with van der Waals surface area (Å²) < 4.78 is 0.